The Kier molecular flexibility index (Phi) is 5.34. The molecular formula is C15H22ClNO2. The Bertz CT molecular complexity index is 382. The molecule has 1 aromatic rings. The predicted molar refractivity (Wildman–Crippen MR) is 78.4 cm³/mol. The van der Waals surface area contributed by atoms with Gasteiger partial charge in [-0.1, -0.05) is 6.92 Å². The molecule has 0 bridgehead atoms. The van der Waals surface area contributed by atoms with Crippen LogP contribution in [-0.2, 0) is 0 Å². The van der Waals surface area contributed by atoms with Crippen molar-refractivity contribution in [1.82, 2.24) is 4.90 Å². The van der Waals surface area contributed by atoms with E-state index in [0.717, 1.165) is 24.6 Å². The first-order chi connectivity index (χ1) is 9.24. The highest BCUT2D eigenvalue weighted by molar-refractivity contribution is 6.18. The van der Waals surface area contributed by atoms with Crippen LogP contribution in [0.5, 0.6) is 11.5 Å². The smallest absolute Gasteiger partial charge is 0.119 e. The van der Waals surface area contributed by atoms with Crippen LogP contribution >= 0.6 is 11.6 Å². The molecule has 1 aliphatic heterocycles. The number of hydrogen-bond donors (Lipinski definition) is 0. The van der Waals surface area contributed by atoms with Crippen molar-refractivity contribution in [2.24, 2.45) is 5.92 Å². The van der Waals surface area contributed by atoms with Crippen molar-refractivity contribution in [3.8, 4) is 11.5 Å². The van der Waals surface area contributed by atoms with Crippen molar-refractivity contribution in [1.29, 1.82) is 0 Å². The summed E-state index contributed by atoms with van der Waals surface area (Å²) in [6, 6.07) is 8.19. The van der Waals surface area contributed by atoms with Gasteiger partial charge >= 0.3 is 0 Å². The van der Waals surface area contributed by atoms with E-state index in [2.05, 4.69) is 11.8 Å². The second kappa shape index (κ2) is 7.01. The van der Waals surface area contributed by atoms with Gasteiger partial charge in [-0.3, -0.25) is 4.90 Å². The molecule has 0 aliphatic carbocycles. The quantitative estimate of drug-likeness (QED) is 0.749. The Balaban J connectivity index is 1.76. The Morgan fingerprint density at radius 3 is 2.58 bits per heavy atom. The maximum Gasteiger partial charge on any atom is 0.119 e. The van der Waals surface area contributed by atoms with Gasteiger partial charge in [0, 0.05) is 18.5 Å². The fraction of sp³-hybridized carbons (Fsp3) is 0.600. The number of likely N-dealkylation sites (tertiary alicyclic amines) is 1. The van der Waals surface area contributed by atoms with Gasteiger partial charge in [-0.15, -0.1) is 11.6 Å². The normalized spacial score (nSPS) is 23.5. The summed E-state index contributed by atoms with van der Waals surface area (Å²) in [6.07, 6.45) is 1.24. The van der Waals surface area contributed by atoms with Gasteiger partial charge in [-0.2, -0.15) is 0 Å². The van der Waals surface area contributed by atoms with Crippen LogP contribution in [0, 0.1) is 5.92 Å². The SMILES string of the molecule is COc1ccc(OCCN2CCC(C)C2CCl)cc1. The summed E-state index contributed by atoms with van der Waals surface area (Å²) in [5, 5.41) is 0. The van der Waals surface area contributed by atoms with Crippen molar-refractivity contribution < 1.29 is 9.47 Å². The van der Waals surface area contributed by atoms with Gasteiger partial charge in [-0.25, -0.2) is 0 Å². The number of alkyl halides is 1. The molecule has 1 heterocycles. The molecule has 0 spiro atoms. The fourth-order valence-electron chi connectivity index (χ4n) is 2.57. The summed E-state index contributed by atoms with van der Waals surface area (Å²) in [5.74, 6) is 3.14. The molecule has 1 aliphatic rings. The second-order valence-corrected chi connectivity index (χ2v) is 5.36. The molecular weight excluding hydrogens is 262 g/mol. The lowest BCUT2D eigenvalue weighted by Crippen LogP contribution is -2.36. The van der Waals surface area contributed by atoms with Crippen molar-refractivity contribution in [2.75, 3.05) is 32.7 Å². The zero-order valence-corrected chi connectivity index (χ0v) is 12.4. The molecule has 19 heavy (non-hydrogen) atoms. The number of methoxy groups -OCH3 is 1. The molecule has 0 amide bonds. The van der Waals surface area contributed by atoms with Crippen LogP contribution in [0.3, 0.4) is 0 Å². The third kappa shape index (κ3) is 3.77. The van der Waals surface area contributed by atoms with Gasteiger partial charge < -0.3 is 9.47 Å². The summed E-state index contributed by atoms with van der Waals surface area (Å²) < 4.78 is 10.9. The maximum atomic E-state index is 6.03. The molecule has 106 valence electrons. The predicted octanol–water partition coefficient (Wildman–Crippen LogP) is 3.02. The molecule has 0 radical (unpaired) electrons. The summed E-state index contributed by atoms with van der Waals surface area (Å²) in [4.78, 5) is 2.43. The van der Waals surface area contributed by atoms with Gasteiger partial charge in [0.25, 0.3) is 0 Å². The summed E-state index contributed by atoms with van der Waals surface area (Å²) >= 11 is 6.03. The van der Waals surface area contributed by atoms with E-state index in [0.29, 0.717) is 24.4 Å². The zero-order valence-electron chi connectivity index (χ0n) is 11.6. The van der Waals surface area contributed by atoms with Gasteiger partial charge in [0.1, 0.15) is 18.1 Å². The van der Waals surface area contributed by atoms with Crippen LogP contribution in [0.2, 0.25) is 0 Å². The Labute approximate surface area is 120 Å². The molecule has 1 saturated heterocycles. The van der Waals surface area contributed by atoms with E-state index in [1.165, 1.54) is 6.42 Å². The zero-order chi connectivity index (χ0) is 13.7. The van der Waals surface area contributed by atoms with E-state index in [4.69, 9.17) is 21.1 Å². The number of ether oxygens (including phenoxy) is 2. The van der Waals surface area contributed by atoms with E-state index in [9.17, 15) is 0 Å². The first-order valence-corrected chi connectivity index (χ1v) is 7.35. The molecule has 0 saturated carbocycles. The molecule has 2 atom stereocenters. The summed E-state index contributed by atoms with van der Waals surface area (Å²) in [7, 11) is 1.66. The van der Waals surface area contributed by atoms with Crippen molar-refractivity contribution in [3.63, 3.8) is 0 Å². The third-order valence-electron chi connectivity index (χ3n) is 3.86. The molecule has 3 nitrogen and oxygen atoms in total. The van der Waals surface area contributed by atoms with Gasteiger partial charge in [0.2, 0.25) is 0 Å². The second-order valence-electron chi connectivity index (χ2n) is 5.05. The van der Waals surface area contributed by atoms with Gasteiger partial charge in [0.15, 0.2) is 0 Å². The highest BCUT2D eigenvalue weighted by Gasteiger charge is 2.29. The van der Waals surface area contributed by atoms with Crippen LogP contribution in [0.25, 0.3) is 0 Å². The maximum absolute atomic E-state index is 6.03. The number of rotatable bonds is 6. The van der Waals surface area contributed by atoms with Crippen LogP contribution in [0.4, 0.5) is 0 Å². The van der Waals surface area contributed by atoms with Crippen molar-refractivity contribution in [2.45, 2.75) is 19.4 Å². The average Bonchev–Trinajstić information content (AvgIpc) is 2.80. The minimum absolute atomic E-state index is 0.501. The lowest BCUT2D eigenvalue weighted by atomic mass is 10.1. The van der Waals surface area contributed by atoms with Gasteiger partial charge in [-0.05, 0) is 43.1 Å². The van der Waals surface area contributed by atoms with E-state index in [1.807, 2.05) is 24.3 Å². The number of halogens is 1. The Morgan fingerprint density at radius 2 is 1.95 bits per heavy atom. The number of hydrogen-bond acceptors (Lipinski definition) is 3. The lowest BCUT2D eigenvalue weighted by molar-refractivity contribution is 0.195. The minimum atomic E-state index is 0.501. The lowest BCUT2D eigenvalue weighted by Gasteiger charge is -2.24. The molecule has 4 heteroatoms. The van der Waals surface area contributed by atoms with Crippen molar-refractivity contribution >= 4 is 11.6 Å². The van der Waals surface area contributed by atoms with E-state index < -0.39 is 0 Å². The number of benzene rings is 1. The summed E-state index contributed by atoms with van der Waals surface area (Å²) in [5.41, 5.74) is 0. The van der Waals surface area contributed by atoms with Crippen LogP contribution in [-0.4, -0.2) is 43.6 Å². The largest absolute Gasteiger partial charge is 0.497 e. The fourth-order valence-corrected chi connectivity index (χ4v) is 3.07. The van der Waals surface area contributed by atoms with E-state index >= 15 is 0 Å². The molecule has 2 unspecified atom stereocenters. The van der Waals surface area contributed by atoms with Gasteiger partial charge in [0.05, 0.1) is 7.11 Å². The monoisotopic (exact) mass is 283 g/mol. The number of nitrogens with zero attached hydrogens (tertiary/aromatic N) is 1. The molecule has 2 rings (SSSR count). The standard InChI is InChI=1S/C15H22ClNO2/c1-12-7-8-17(15(12)11-16)9-10-19-14-5-3-13(18-2)4-6-14/h3-6,12,15H,7-11H2,1-2H3. The molecule has 1 fully saturated rings. The Morgan fingerprint density at radius 1 is 1.26 bits per heavy atom. The van der Waals surface area contributed by atoms with Crippen molar-refractivity contribution in [3.05, 3.63) is 24.3 Å². The molecule has 1 aromatic carbocycles. The minimum Gasteiger partial charge on any atom is -0.497 e. The highest BCUT2D eigenvalue weighted by atomic mass is 35.5. The Hall–Kier alpha value is -0.930. The highest BCUT2D eigenvalue weighted by Crippen LogP contribution is 2.24. The summed E-state index contributed by atoms with van der Waals surface area (Å²) in [6.45, 7) is 5.04. The van der Waals surface area contributed by atoms with Crippen LogP contribution in [0.15, 0.2) is 24.3 Å². The van der Waals surface area contributed by atoms with E-state index in [-0.39, 0.29) is 0 Å². The van der Waals surface area contributed by atoms with Crippen LogP contribution < -0.4 is 9.47 Å². The first-order valence-electron chi connectivity index (χ1n) is 6.81. The first kappa shape index (κ1) is 14.5. The third-order valence-corrected chi connectivity index (χ3v) is 4.18. The molecule has 0 N–H and O–H groups in total. The van der Waals surface area contributed by atoms with Crippen LogP contribution in [0.1, 0.15) is 13.3 Å². The topological polar surface area (TPSA) is 21.7 Å². The molecule has 0 aromatic heterocycles. The van der Waals surface area contributed by atoms with E-state index in [1.54, 1.807) is 7.11 Å². The average molecular weight is 284 g/mol.